The molecule has 6 nitrogen and oxygen atoms in total. The van der Waals surface area contributed by atoms with Crippen molar-refractivity contribution < 1.29 is 17.9 Å². The van der Waals surface area contributed by atoms with Gasteiger partial charge in [0.25, 0.3) is 0 Å². The van der Waals surface area contributed by atoms with Gasteiger partial charge in [-0.25, -0.2) is 8.42 Å². The monoisotopic (exact) mass is 496 g/mol. The Labute approximate surface area is 205 Å². The Balaban J connectivity index is 1.45. The number of nitrogens with one attached hydrogen (secondary N) is 1. The van der Waals surface area contributed by atoms with E-state index in [9.17, 15) is 13.2 Å². The number of rotatable bonds is 8. The van der Waals surface area contributed by atoms with E-state index in [1.807, 2.05) is 61.5 Å². The minimum atomic E-state index is -3.69. The van der Waals surface area contributed by atoms with Crippen LogP contribution < -0.4 is 10.1 Å². The molecule has 0 bridgehead atoms. The number of ether oxygens (including phenoxy) is 1. The van der Waals surface area contributed by atoms with E-state index in [1.165, 1.54) is 4.31 Å². The number of hydrogen-bond acceptors (Lipinski definition) is 5. The smallest absolute Gasteiger partial charge is 0.243 e. The lowest BCUT2D eigenvalue weighted by Gasteiger charge is -2.31. The molecule has 8 heteroatoms. The molecule has 34 heavy (non-hydrogen) atoms. The summed E-state index contributed by atoms with van der Waals surface area (Å²) in [6.45, 7) is 2.96. The van der Waals surface area contributed by atoms with Crippen molar-refractivity contribution in [2.24, 2.45) is 5.92 Å². The highest BCUT2D eigenvalue weighted by Gasteiger charge is 2.33. The zero-order valence-electron chi connectivity index (χ0n) is 19.0. The number of hydrogen-bond donors (Lipinski definition) is 1. The molecular formula is C26H28N2O4S2. The van der Waals surface area contributed by atoms with Gasteiger partial charge in [-0.3, -0.25) is 4.79 Å². The molecule has 3 aromatic rings. The number of amides is 1. The molecule has 0 unspecified atom stereocenters. The minimum absolute atomic E-state index is 0.160. The maximum atomic E-state index is 13.2. The topological polar surface area (TPSA) is 75.7 Å². The number of para-hydroxylation sites is 1. The van der Waals surface area contributed by atoms with Crippen LogP contribution in [0.3, 0.4) is 0 Å². The Morgan fingerprint density at radius 1 is 1.03 bits per heavy atom. The summed E-state index contributed by atoms with van der Waals surface area (Å²) in [5.74, 6) is 0.0538. The molecule has 0 saturated carbocycles. The summed E-state index contributed by atoms with van der Waals surface area (Å²) in [5, 5.41) is 3.04. The number of carbonyl (C=O) groups excluding carboxylic acids is 1. The Bertz CT molecular complexity index is 1220. The van der Waals surface area contributed by atoms with Gasteiger partial charge in [0, 0.05) is 22.9 Å². The first-order valence-electron chi connectivity index (χ1n) is 11.3. The van der Waals surface area contributed by atoms with Gasteiger partial charge in [0.2, 0.25) is 15.9 Å². The zero-order chi connectivity index (χ0) is 24.0. The van der Waals surface area contributed by atoms with E-state index < -0.39 is 15.9 Å². The first-order chi connectivity index (χ1) is 16.5. The molecule has 0 radical (unpaired) electrons. The zero-order valence-corrected chi connectivity index (χ0v) is 20.6. The molecule has 1 amide bonds. The van der Waals surface area contributed by atoms with E-state index in [2.05, 4.69) is 5.32 Å². The standard InChI is InChI=1S/C26H28N2O4S2/c1-2-32-21-14-16-23(17-15-21)34(30,31)28-18-8-9-20(19-28)26(29)27-24-12-6-7-13-25(24)33-22-10-4-3-5-11-22/h3-7,10-17,20H,2,8-9,18-19H2,1H3,(H,27,29)/t20-/m1/s1. The fourth-order valence-electron chi connectivity index (χ4n) is 3.91. The number of nitrogens with zero attached hydrogens (tertiary/aromatic N) is 1. The second-order valence-electron chi connectivity index (χ2n) is 8.01. The summed E-state index contributed by atoms with van der Waals surface area (Å²) < 4.78 is 33.2. The molecule has 1 atom stereocenters. The fourth-order valence-corrected chi connectivity index (χ4v) is 6.35. The molecule has 0 aliphatic carbocycles. The SMILES string of the molecule is CCOc1ccc(S(=O)(=O)N2CCC[C@@H](C(=O)Nc3ccccc3Sc3ccccc3)C2)cc1. The molecular weight excluding hydrogens is 468 g/mol. The molecule has 0 aromatic heterocycles. The second-order valence-corrected chi connectivity index (χ2v) is 11.1. The maximum Gasteiger partial charge on any atom is 0.243 e. The van der Waals surface area contributed by atoms with Gasteiger partial charge in [-0.05, 0) is 68.3 Å². The Morgan fingerprint density at radius 3 is 2.47 bits per heavy atom. The molecule has 1 aliphatic heterocycles. The summed E-state index contributed by atoms with van der Waals surface area (Å²) >= 11 is 1.58. The predicted molar refractivity (Wildman–Crippen MR) is 135 cm³/mol. The lowest BCUT2D eigenvalue weighted by molar-refractivity contribution is -0.120. The molecule has 0 spiro atoms. The molecule has 3 aromatic carbocycles. The minimum Gasteiger partial charge on any atom is -0.494 e. The molecule has 4 rings (SSSR count). The summed E-state index contributed by atoms with van der Waals surface area (Å²) in [4.78, 5) is 15.4. The van der Waals surface area contributed by atoms with Crippen LogP contribution in [0.1, 0.15) is 19.8 Å². The van der Waals surface area contributed by atoms with Gasteiger partial charge in [-0.1, -0.05) is 42.1 Å². The number of anilines is 1. The third-order valence-corrected chi connectivity index (χ3v) is 8.61. The van der Waals surface area contributed by atoms with Gasteiger partial charge in [0.05, 0.1) is 23.1 Å². The van der Waals surface area contributed by atoms with Gasteiger partial charge in [-0.15, -0.1) is 0 Å². The average Bonchev–Trinajstić information content (AvgIpc) is 2.86. The third-order valence-electron chi connectivity index (χ3n) is 5.64. The van der Waals surface area contributed by atoms with Gasteiger partial charge in [0.15, 0.2) is 0 Å². The molecule has 178 valence electrons. The molecule has 1 fully saturated rings. The first kappa shape index (κ1) is 24.3. The van der Waals surface area contributed by atoms with Crippen molar-refractivity contribution >= 4 is 33.4 Å². The predicted octanol–water partition coefficient (Wildman–Crippen LogP) is 5.28. The lowest BCUT2D eigenvalue weighted by Crippen LogP contribution is -2.43. The van der Waals surface area contributed by atoms with E-state index >= 15 is 0 Å². The lowest BCUT2D eigenvalue weighted by atomic mass is 9.99. The highest BCUT2D eigenvalue weighted by atomic mass is 32.2. The van der Waals surface area contributed by atoms with Crippen LogP contribution in [0.15, 0.2) is 93.5 Å². The van der Waals surface area contributed by atoms with Crippen LogP contribution >= 0.6 is 11.8 Å². The van der Waals surface area contributed by atoms with Crippen molar-refractivity contribution in [1.29, 1.82) is 0 Å². The number of piperidine rings is 1. The van der Waals surface area contributed by atoms with Crippen molar-refractivity contribution in [3.8, 4) is 5.75 Å². The van der Waals surface area contributed by atoms with E-state index in [-0.39, 0.29) is 17.3 Å². The molecule has 1 N–H and O–H groups in total. The van der Waals surface area contributed by atoms with Gasteiger partial charge < -0.3 is 10.1 Å². The summed E-state index contributed by atoms with van der Waals surface area (Å²) in [6.07, 6.45) is 1.28. The maximum absolute atomic E-state index is 13.2. The van der Waals surface area contributed by atoms with Gasteiger partial charge in [-0.2, -0.15) is 4.31 Å². The van der Waals surface area contributed by atoms with E-state index in [1.54, 1.807) is 36.0 Å². The summed E-state index contributed by atoms with van der Waals surface area (Å²) in [5.41, 5.74) is 0.729. The Morgan fingerprint density at radius 2 is 1.74 bits per heavy atom. The van der Waals surface area contributed by atoms with Crippen molar-refractivity contribution in [3.63, 3.8) is 0 Å². The van der Waals surface area contributed by atoms with Crippen LogP contribution in [0.4, 0.5) is 5.69 Å². The number of sulfonamides is 1. The normalized spacial score (nSPS) is 16.7. The molecule has 1 heterocycles. The van der Waals surface area contributed by atoms with Crippen LogP contribution in [0.2, 0.25) is 0 Å². The third kappa shape index (κ3) is 5.81. The highest BCUT2D eigenvalue weighted by Crippen LogP contribution is 2.34. The second kappa shape index (κ2) is 11.1. The number of carbonyl (C=O) groups is 1. The van der Waals surface area contributed by atoms with E-state index in [0.717, 1.165) is 15.5 Å². The summed E-state index contributed by atoms with van der Waals surface area (Å²) in [7, 11) is -3.69. The number of benzene rings is 3. The van der Waals surface area contributed by atoms with Crippen LogP contribution in [-0.4, -0.2) is 38.3 Å². The van der Waals surface area contributed by atoms with Crippen molar-refractivity contribution in [2.45, 2.75) is 34.5 Å². The van der Waals surface area contributed by atoms with Crippen LogP contribution in [0, 0.1) is 5.92 Å². The van der Waals surface area contributed by atoms with E-state index in [0.29, 0.717) is 31.7 Å². The Kier molecular flexibility index (Phi) is 7.92. The van der Waals surface area contributed by atoms with Crippen LogP contribution in [-0.2, 0) is 14.8 Å². The van der Waals surface area contributed by atoms with Gasteiger partial charge in [0.1, 0.15) is 5.75 Å². The fraction of sp³-hybridized carbons (Fsp3) is 0.269. The molecule has 1 saturated heterocycles. The van der Waals surface area contributed by atoms with E-state index in [4.69, 9.17) is 4.74 Å². The van der Waals surface area contributed by atoms with Crippen molar-refractivity contribution in [1.82, 2.24) is 4.31 Å². The quantitative estimate of drug-likeness (QED) is 0.459. The highest BCUT2D eigenvalue weighted by molar-refractivity contribution is 7.99. The van der Waals surface area contributed by atoms with Crippen molar-refractivity contribution in [2.75, 3.05) is 25.0 Å². The average molecular weight is 497 g/mol. The Hall–Kier alpha value is -2.81. The summed E-state index contributed by atoms with van der Waals surface area (Å²) in [6, 6.07) is 24.1. The van der Waals surface area contributed by atoms with Crippen molar-refractivity contribution in [3.05, 3.63) is 78.9 Å². The van der Waals surface area contributed by atoms with Crippen LogP contribution in [0.25, 0.3) is 0 Å². The van der Waals surface area contributed by atoms with Crippen LogP contribution in [0.5, 0.6) is 5.75 Å². The van der Waals surface area contributed by atoms with Gasteiger partial charge >= 0.3 is 0 Å². The largest absolute Gasteiger partial charge is 0.494 e. The molecule has 1 aliphatic rings. The first-order valence-corrected chi connectivity index (χ1v) is 13.6.